The van der Waals surface area contributed by atoms with Crippen molar-refractivity contribution in [2.45, 2.75) is 13.8 Å². The van der Waals surface area contributed by atoms with Crippen molar-refractivity contribution in [2.24, 2.45) is 0 Å². The van der Waals surface area contributed by atoms with Crippen LogP contribution in [0.2, 0.25) is 0 Å². The fraction of sp³-hybridized carbons (Fsp3) is 0.385. The normalized spacial score (nSPS) is 10.1. The molecule has 0 aliphatic rings. The first kappa shape index (κ1) is 17.1. The first-order valence-electron chi connectivity index (χ1n) is 6.13. The van der Waals surface area contributed by atoms with Crippen LogP contribution in [0.25, 0.3) is 0 Å². The standard InChI is InChI=1S/C13H15BrN2O5/c1-4-15(3)12(18)7-21-13-10(8(2)17)5-9(14)6-11(13)16(19)20/h5-6H,4,7H2,1-3H3. The molecule has 0 N–H and O–H groups in total. The molecule has 0 unspecified atom stereocenters. The van der Waals surface area contributed by atoms with E-state index >= 15 is 0 Å². The second kappa shape index (κ2) is 7.16. The zero-order valence-electron chi connectivity index (χ0n) is 11.9. The SMILES string of the molecule is CCN(C)C(=O)COc1c(C(C)=O)cc(Br)cc1[N+](=O)[O-]. The Balaban J connectivity index is 3.17. The molecule has 114 valence electrons. The molecule has 0 atom stereocenters. The van der Waals surface area contributed by atoms with Crippen LogP contribution >= 0.6 is 15.9 Å². The number of rotatable bonds is 6. The van der Waals surface area contributed by atoms with Crippen LogP contribution in [0.1, 0.15) is 24.2 Å². The van der Waals surface area contributed by atoms with Crippen molar-refractivity contribution >= 4 is 33.3 Å². The summed E-state index contributed by atoms with van der Waals surface area (Å²) < 4.78 is 5.65. The maximum atomic E-state index is 11.7. The Kier molecular flexibility index (Phi) is 5.83. The third-order valence-electron chi connectivity index (χ3n) is 2.85. The first-order valence-corrected chi connectivity index (χ1v) is 6.92. The summed E-state index contributed by atoms with van der Waals surface area (Å²) in [5.41, 5.74) is -0.301. The van der Waals surface area contributed by atoms with E-state index in [0.717, 1.165) is 0 Å². The molecular weight excluding hydrogens is 344 g/mol. The monoisotopic (exact) mass is 358 g/mol. The molecule has 21 heavy (non-hydrogen) atoms. The molecule has 0 fully saturated rings. The molecule has 0 heterocycles. The Morgan fingerprint density at radius 3 is 2.52 bits per heavy atom. The average Bonchev–Trinajstić information content (AvgIpc) is 2.43. The van der Waals surface area contributed by atoms with E-state index in [0.29, 0.717) is 11.0 Å². The molecule has 0 bridgehead atoms. The molecule has 8 heteroatoms. The van der Waals surface area contributed by atoms with Crippen molar-refractivity contribution in [1.82, 2.24) is 4.90 Å². The van der Waals surface area contributed by atoms with Gasteiger partial charge in [0.2, 0.25) is 5.75 Å². The highest BCUT2D eigenvalue weighted by atomic mass is 79.9. The molecule has 1 amide bonds. The van der Waals surface area contributed by atoms with Crippen LogP contribution in [0.5, 0.6) is 5.75 Å². The maximum absolute atomic E-state index is 11.7. The lowest BCUT2D eigenvalue weighted by Crippen LogP contribution is -2.31. The maximum Gasteiger partial charge on any atom is 0.312 e. The molecule has 0 spiro atoms. The van der Waals surface area contributed by atoms with Crippen molar-refractivity contribution in [3.63, 3.8) is 0 Å². The first-order chi connectivity index (χ1) is 9.77. The number of halogens is 1. The second-order valence-electron chi connectivity index (χ2n) is 4.31. The molecule has 0 saturated carbocycles. The molecule has 0 radical (unpaired) electrons. The zero-order valence-corrected chi connectivity index (χ0v) is 13.5. The van der Waals surface area contributed by atoms with E-state index < -0.39 is 4.92 Å². The van der Waals surface area contributed by atoms with Crippen LogP contribution in [-0.4, -0.2) is 41.7 Å². The molecule has 0 aromatic heterocycles. The van der Waals surface area contributed by atoms with E-state index in [-0.39, 0.29) is 35.3 Å². The van der Waals surface area contributed by atoms with Crippen molar-refractivity contribution in [3.8, 4) is 5.75 Å². The van der Waals surface area contributed by atoms with Crippen molar-refractivity contribution in [1.29, 1.82) is 0 Å². The molecule has 1 aromatic carbocycles. The summed E-state index contributed by atoms with van der Waals surface area (Å²) in [7, 11) is 1.59. The fourth-order valence-electron chi connectivity index (χ4n) is 1.55. The third-order valence-corrected chi connectivity index (χ3v) is 3.31. The summed E-state index contributed by atoms with van der Waals surface area (Å²) in [5, 5.41) is 11.1. The Labute approximate surface area is 130 Å². The quantitative estimate of drug-likeness (QED) is 0.442. The number of benzene rings is 1. The number of nitro benzene ring substituents is 1. The van der Waals surface area contributed by atoms with Gasteiger partial charge in [-0.3, -0.25) is 19.7 Å². The summed E-state index contributed by atoms with van der Waals surface area (Å²) in [6.07, 6.45) is 0. The Morgan fingerprint density at radius 2 is 2.05 bits per heavy atom. The molecule has 0 aliphatic heterocycles. The number of Topliss-reactive ketones (excluding diaryl/α,β-unsaturated/α-hetero) is 1. The van der Waals surface area contributed by atoms with E-state index in [1.807, 2.05) is 0 Å². The lowest BCUT2D eigenvalue weighted by molar-refractivity contribution is -0.385. The highest BCUT2D eigenvalue weighted by Gasteiger charge is 2.24. The molecule has 1 aromatic rings. The van der Waals surface area contributed by atoms with Gasteiger partial charge in [-0.05, 0) is 19.9 Å². The topological polar surface area (TPSA) is 89.8 Å². The second-order valence-corrected chi connectivity index (χ2v) is 5.23. The van der Waals surface area contributed by atoms with Gasteiger partial charge in [0.1, 0.15) is 0 Å². The number of ether oxygens (including phenoxy) is 1. The van der Waals surface area contributed by atoms with E-state index in [9.17, 15) is 19.7 Å². The van der Waals surface area contributed by atoms with Gasteiger partial charge in [-0.2, -0.15) is 0 Å². The highest BCUT2D eigenvalue weighted by molar-refractivity contribution is 9.10. The number of nitro groups is 1. The number of hydrogen-bond donors (Lipinski definition) is 0. The summed E-state index contributed by atoms with van der Waals surface area (Å²) in [6, 6.07) is 2.66. The zero-order chi connectivity index (χ0) is 16.2. The molecule has 0 aliphatic carbocycles. The molecule has 0 saturated heterocycles. The van der Waals surface area contributed by atoms with Crippen LogP contribution in [-0.2, 0) is 4.79 Å². The van der Waals surface area contributed by atoms with Crippen LogP contribution in [0.15, 0.2) is 16.6 Å². The molecule has 7 nitrogen and oxygen atoms in total. The minimum atomic E-state index is -0.652. The van der Waals surface area contributed by atoms with Crippen molar-refractivity contribution in [3.05, 3.63) is 32.3 Å². The Morgan fingerprint density at radius 1 is 1.43 bits per heavy atom. The van der Waals surface area contributed by atoms with Gasteiger partial charge in [0.15, 0.2) is 12.4 Å². The van der Waals surface area contributed by atoms with Gasteiger partial charge in [0, 0.05) is 24.1 Å². The lowest BCUT2D eigenvalue weighted by atomic mass is 10.1. The minimum absolute atomic E-state index is 0.0584. The van der Waals surface area contributed by atoms with Gasteiger partial charge in [-0.15, -0.1) is 0 Å². The van der Waals surface area contributed by atoms with Gasteiger partial charge in [-0.1, -0.05) is 15.9 Å². The van der Waals surface area contributed by atoms with Gasteiger partial charge >= 0.3 is 5.69 Å². The van der Waals surface area contributed by atoms with E-state index in [1.54, 1.807) is 14.0 Å². The summed E-state index contributed by atoms with van der Waals surface area (Å²) in [4.78, 5) is 35.2. The molecular formula is C13H15BrN2O5. The lowest BCUT2D eigenvalue weighted by Gasteiger charge is -2.16. The van der Waals surface area contributed by atoms with Crippen LogP contribution in [0.4, 0.5) is 5.69 Å². The summed E-state index contributed by atoms with van der Waals surface area (Å²) in [6.45, 7) is 3.19. The predicted molar refractivity (Wildman–Crippen MR) is 79.6 cm³/mol. The van der Waals surface area contributed by atoms with Crippen molar-refractivity contribution < 1.29 is 19.2 Å². The average molecular weight is 359 g/mol. The Hall–Kier alpha value is -1.96. The van der Waals surface area contributed by atoms with Crippen LogP contribution < -0.4 is 4.74 Å². The van der Waals surface area contributed by atoms with Crippen LogP contribution in [0, 0.1) is 10.1 Å². The summed E-state index contributed by atoms with van der Waals surface area (Å²) >= 11 is 3.11. The number of likely N-dealkylation sites (N-methyl/N-ethyl adjacent to an activating group) is 1. The summed E-state index contributed by atoms with van der Waals surface area (Å²) in [5.74, 6) is -0.900. The van der Waals surface area contributed by atoms with E-state index in [4.69, 9.17) is 4.74 Å². The number of nitrogens with zero attached hydrogens (tertiary/aromatic N) is 2. The van der Waals surface area contributed by atoms with Gasteiger partial charge in [0.25, 0.3) is 5.91 Å². The van der Waals surface area contributed by atoms with Gasteiger partial charge in [0.05, 0.1) is 10.5 Å². The van der Waals surface area contributed by atoms with Crippen LogP contribution in [0.3, 0.4) is 0 Å². The number of amides is 1. The highest BCUT2D eigenvalue weighted by Crippen LogP contribution is 2.35. The fourth-order valence-corrected chi connectivity index (χ4v) is 1.99. The third kappa shape index (κ3) is 4.25. The van der Waals surface area contributed by atoms with Crippen molar-refractivity contribution in [2.75, 3.05) is 20.2 Å². The number of carbonyl (C=O) groups is 2. The molecule has 1 rings (SSSR count). The largest absolute Gasteiger partial charge is 0.476 e. The minimum Gasteiger partial charge on any atom is -0.476 e. The van der Waals surface area contributed by atoms with Gasteiger partial charge in [-0.25, -0.2) is 0 Å². The van der Waals surface area contributed by atoms with E-state index in [1.165, 1.54) is 24.0 Å². The smallest absolute Gasteiger partial charge is 0.312 e. The predicted octanol–water partition coefficient (Wildman–Crippen LogP) is 2.42. The number of carbonyl (C=O) groups excluding carboxylic acids is 2. The Bertz CT molecular complexity index is 553. The van der Waals surface area contributed by atoms with E-state index in [2.05, 4.69) is 15.9 Å². The van der Waals surface area contributed by atoms with Gasteiger partial charge < -0.3 is 9.64 Å². The number of ketones is 1. The number of hydrogen-bond acceptors (Lipinski definition) is 5.